The van der Waals surface area contributed by atoms with Gasteiger partial charge in [-0.3, -0.25) is 4.68 Å². The Kier molecular flexibility index (Phi) is 2.28. The first kappa shape index (κ1) is 9.40. The highest BCUT2D eigenvalue weighted by Gasteiger charge is 2.39. The fourth-order valence-corrected chi connectivity index (χ4v) is 3.45. The molecule has 3 unspecified atom stereocenters. The molecule has 3 heteroatoms. The Hall–Kier alpha value is -0.830. The summed E-state index contributed by atoms with van der Waals surface area (Å²) in [7, 11) is 0. The second kappa shape index (κ2) is 3.63. The van der Waals surface area contributed by atoms with E-state index in [4.69, 9.17) is 5.73 Å². The van der Waals surface area contributed by atoms with Crippen molar-refractivity contribution < 1.29 is 0 Å². The van der Waals surface area contributed by atoms with Crippen LogP contribution >= 0.6 is 0 Å². The zero-order chi connectivity index (χ0) is 10.3. The van der Waals surface area contributed by atoms with E-state index >= 15 is 0 Å². The van der Waals surface area contributed by atoms with E-state index in [2.05, 4.69) is 16.0 Å². The molecule has 0 saturated heterocycles. The minimum absolute atomic E-state index is 0.559. The number of nitrogens with two attached hydrogens (primary N) is 1. The van der Waals surface area contributed by atoms with Crippen LogP contribution in [-0.4, -0.2) is 9.78 Å². The van der Waals surface area contributed by atoms with Crippen LogP contribution in [0.3, 0.4) is 0 Å². The standard InChI is InChI=1S/C12H19N3/c13-7-12-3-4-15(14-12)8-11-6-9-1-2-10(11)5-9/h3-4,9-11H,1-2,5-8,13H2. The van der Waals surface area contributed by atoms with Gasteiger partial charge in [0.1, 0.15) is 0 Å². The molecule has 3 atom stereocenters. The van der Waals surface area contributed by atoms with E-state index in [1.54, 1.807) is 0 Å². The molecule has 1 heterocycles. The Labute approximate surface area is 90.7 Å². The highest BCUT2D eigenvalue weighted by Crippen LogP contribution is 2.48. The lowest BCUT2D eigenvalue weighted by Crippen LogP contribution is -2.17. The largest absolute Gasteiger partial charge is 0.325 e. The van der Waals surface area contributed by atoms with Crippen molar-refractivity contribution in [2.75, 3.05) is 0 Å². The van der Waals surface area contributed by atoms with Crippen molar-refractivity contribution in [1.29, 1.82) is 0 Å². The quantitative estimate of drug-likeness (QED) is 0.817. The lowest BCUT2D eigenvalue weighted by molar-refractivity contribution is 0.285. The third-order valence-corrected chi connectivity index (χ3v) is 4.21. The maximum atomic E-state index is 5.56. The summed E-state index contributed by atoms with van der Waals surface area (Å²) in [5.74, 6) is 2.90. The van der Waals surface area contributed by atoms with E-state index in [-0.39, 0.29) is 0 Å². The van der Waals surface area contributed by atoms with Gasteiger partial charge in [-0.2, -0.15) is 5.10 Å². The molecule has 2 saturated carbocycles. The molecule has 2 N–H and O–H groups in total. The molecule has 3 nitrogen and oxygen atoms in total. The average Bonchev–Trinajstić information content (AvgIpc) is 2.92. The summed E-state index contributed by atoms with van der Waals surface area (Å²) in [4.78, 5) is 0. The Morgan fingerprint density at radius 1 is 1.40 bits per heavy atom. The number of hydrogen-bond donors (Lipinski definition) is 1. The number of nitrogens with zero attached hydrogens (tertiary/aromatic N) is 2. The van der Waals surface area contributed by atoms with Gasteiger partial charge in [-0.05, 0) is 43.1 Å². The summed E-state index contributed by atoms with van der Waals surface area (Å²) in [5.41, 5.74) is 6.57. The summed E-state index contributed by atoms with van der Waals surface area (Å²) in [6.07, 6.45) is 7.93. The van der Waals surface area contributed by atoms with Crippen molar-refractivity contribution >= 4 is 0 Å². The third kappa shape index (κ3) is 1.69. The molecule has 0 aliphatic heterocycles. The maximum Gasteiger partial charge on any atom is 0.0760 e. The topological polar surface area (TPSA) is 43.8 Å². The van der Waals surface area contributed by atoms with Crippen molar-refractivity contribution in [2.45, 2.75) is 38.8 Å². The van der Waals surface area contributed by atoms with Crippen molar-refractivity contribution in [1.82, 2.24) is 9.78 Å². The Balaban J connectivity index is 1.65. The monoisotopic (exact) mass is 205 g/mol. The molecular weight excluding hydrogens is 186 g/mol. The molecule has 1 aromatic rings. The van der Waals surface area contributed by atoms with Crippen LogP contribution in [0, 0.1) is 17.8 Å². The van der Waals surface area contributed by atoms with Gasteiger partial charge in [0.2, 0.25) is 0 Å². The zero-order valence-corrected chi connectivity index (χ0v) is 9.10. The number of aromatic nitrogens is 2. The third-order valence-electron chi connectivity index (χ3n) is 4.21. The van der Waals surface area contributed by atoms with E-state index < -0.39 is 0 Å². The maximum absolute atomic E-state index is 5.56. The van der Waals surface area contributed by atoms with Crippen molar-refractivity contribution in [3.05, 3.63) is 18.0 Å². The second-order valence-electron chi connectivity index (χ2n) is 5.17. The summed E-state index contributed by atoms with van der Waals surface area (Å²) < 4.78 is 2.09. The van der Waals surface area contributed by atoms with Crippen LogP contribution < -0.4 is 5.73 Å². The lowest BCUT2D eigenvalue weighted by atomic mass is 9.89. The van der Waals surface area contributed by atoms with Crippen molar-refractivity contribution in [3.8, 4) is 0 Å². The van der Waals surface area contributed by atoms with Gasteiger partial charge in [-0.15, -0.1) is 0 Å². The predicted molar refractivity (Wildman–Crippen MR) is 59.1 cm³/mol. The molecular formula is C12H19N3. The van der Waals surface area contributed by atoms with Crippen LogP contribution in [0.2, 0.25) is 0 Å². The minimum atomic E-state index is 0.559. The second-order valence-corrected chi connectivity index (χ2v) is 5.17. The fourth-order valence-electron chi connectivity index (χ4n) is 3.45. The predicted octanol–water partition coefficient (Wildman–Crippen LogP) is 1.78. The molecule has 82 valence electrons. The van der Waals surface area contributed by atoms with Gasteiger partial charge >= 0.3 is 0 Å². The molecule has 2 fully saturated rings. The Bertz CT molecular complexity index is 344. The number of hydrogen-bond acceptors (Lipinski definition) is 2. The highest BCUT2D eigenvalue weighted by atomic mass is 15.3. The van der Waals surface area contributed by atoms with Crippen LogP contribution in [0.1, 0.15) is 31.4 Å². The summed E-state index contributed by atoms with van der Waals surface area (Å²) in [6, 6.07) is 2.03. The molecule has 2 aliphatic rings. The molecule has 2 bridgehead atoms. The van der Waals surface area contributed by atoms with Crippen LogP contribution in [0.4, 0.5) is 0 Å². The normalized spacial score (nSPS) is 33.8. The lowest BCUT2D eigenvalue weighted by Gasteiger charge is -2.21. The van der Waals surface area contributed by atoms with Crippen molar-refractivity contribution in [2.24, 2.45) is 23.5 Å². The van der Waals surface area contributed by atoms with E-state index in [1.807, 2.05) is 6.07 Å². The summed E-state index contributed by atoms with van der Waals surface area (Å²) in [5, 5.41) is 4.47. The van der Waals surface area contributed by atoms with E-state index in [9.17, 15) is 0 Å². The van der Waals surface area contributed by atoms with Gasteiger partial charge < -0.3 is 5.73 Å². The zero-order valence-electron chi connectivity index (χ0n) is 9.10. The van der Waals surface area contributed by atoms with Crippen molar-refractivity contribution in [3.63, 3.8) is 0 Å². The molecule has 1 aromatic heterocycles. The molecule has 0 amide bonds. The Morgan fingerprint density at radius 2 is 2.33 bits per heavy atom. The van der Waals surface area contributed by atoms with Gasteiger partial charge in [-0.25, -0.2) is 0 Å². The Morgan fingerprint density at radius 3 is 2.93 bits per heavy atom. The molecule has 3 rings (SSSR count). The van der Waals surface area contributed by atoms with Crippen LogP contribution in [-0.2, 0) is 13.1 Å². The first-order chi connectivity index (χ1) is 7.35. The number of rotatable bonds is 3. The van der Waals surface area contributed by atoms with Gasteiger partial charge in [0.25, 0.3) is 0 Å². The first-order valence-corrected chi connectivity index (χ1v) is 6.07. The average molecular weight is 205 g/mol. The van der Waals surface area contributed by atoms with Gasteiger partial charge in [0.05, 0.1) is 5.69 Å². The summed E-state index contributed by atoms with van der Waals surface area (Å²) >= 11 is 0. The van der Waals surface area contributed by atoms with Gasteiger partial charge in [-0.1, -0.05) is 6.42 Å². The summed E-state index contributed by atoms with van der Waals surface area (Å²) in [6.45, 7) is 1.67. The molecule has 0 aromatic carbocycles. The molecule has 0 spiro atoms. The van der Waals surface area contributed by atoms with Gasteiger partial charge in [0, 0.05) is 19.3 Å². The van der Waals surface area contributed by atoms with Gasteiger partial charge in [0.15, 0.2) is 0 Å². The first-order valence-electron chi connectivity index (χ1n) is 6.07. The van der Waals surface area contributed by atoms with Crippen LogP contribution in [0.25, 0.3) is 0 Å². The molecule has 2 aliphatic carbocycles. The fraction of sp³-hybridized carbons (Fsp3) is 0.750. The van der Waals surface area contributed by atoms with E-state index in [0.29, 0.717) is 6.54 Å². The highest BCUT2D eigenvalue weighted by molar-refractivity contribution is 4.98. The smallest absolute Gasteiger partial charge is 0.0760 e. The van der Waals surface area contributed by atoms with E-state index in [1.165, 1.54) is 25.7 Å². The molecule has 15 heavy (non-hydrogen) atoms. The minimum Gasteiger partial charge on any atom is -0.325 e. The SMILES string of the molecule is NCc1ccn(CC2CC3CCC2C3)n1. The van der Waals surface area contributed by atoms with Crippen LogP contribution in [0.15, 0.2) is 12.3 Å². The number of fused-ring (bicyclic) bond motifs is 2. The van der Waals surface area contributed by atoms with Crippen LogP contribution in [0.5, 0.6) is 0 Å². The molecule has 0 radical (unpaired) electrons. The van der Waals surface area contributed by atoms with E-state index in [0.717, 1.165) is 30.0 Å².